The van der Waals surface area contributed by atoms with E-state index >= 15 is 0 Å². The van der Waals surface area contributed by atoms with Gasteiger partial charge in [0, 0.05) is 32.1 Å². The molecule has 0 aliphatic carbocycles. The summed E-state index contributed by atoms with van der Waals surface area (Å²) in [6.07, 6.45) is 4.20. The Hall–Kier alpha value is -1.98. The van der Waals surface area contributed by atoms with E-state index < -0.39 is 0 Å². The smallest absolute Gasteiger partial charge is 0.256 e. The molecule has 0 radical (unpaired) electrons. The van der Waals surface area contributed by atoms with E-state index in [1.54, 1.807) is 14.1 Å². The maximum atomic E-state index is 12.2. The Bertz CT molecular complexity index is 422. The molecule has 0 saturated carbocycles. The van der Waals surface area contributed by atoms with Gasteiger partial charge in [-0.05, 0) is 0 Å². The molecular weight excluding hydrogens is 211 g/mol. The first-order valence-corrected chi connectivity index (χ1v) is 4.62. The standard InChI is InChI=1S/C10H13FN4O/c1-14(2)10(16)9-5-13-15(7-9)6-8(3-11)4-12/h3-5,7,12H,6H2,1-2H3/b8-3+,12-4?. The van der Waals surface area contributed by atoms with Crippen LogP contribution in [0.3, 0.4) is 0 Å². The normalized spacial score (nSPS) is 11.3. The lowest BCUT2D eigenvalue weighted by Crippen LogP contribution is -2.21. The second kappa shape index (κ2) is 5.20. The summed E-state index contributed by atoms with van der Waals surface area (Å²) in [6.45, 7) is 0.140. The second-order valence-corrected chi connectivity index (χ2v) is 3.45. The Kier molecular flexibility index (Phi) is 3.93. The molecule has 0 aliphatic heterocycles. The van der Waals surface area contributed by atoms with Crippen LogP contribution in [0.25, 0.3) is 0 Å². The van der Waals surface area contributed by atoms with E-state index in [1.807, 2.05) is 0 Å². The average Bonchev–Trinajstić information content (AvgIpc) is 2.73. The molecule has 0 fully saturated rings. The molecular formula is C10H13FN4O. The third-order valence-corrected chi connectivity index (χ3v) is 1.96. The first kappa shape index (κ1) is 12.1. The van der Waals surface area contributed by atoms with E-state index in [4.69, 9.17) is 5.41 Å². The summed E-state index contributed by atoms with van der Waals surface area (Å²) >= 11 is 0. The van der Waals surface area contributed by atoms with Crippen molar-refractivity contribution in [2.75, 3.05) is 14.1 Å². The van der Waals surface area contributed by atoms with Crippen LogP contribution in [0.15, 0.2) is 24.3 Å². The minimum absolute atomic E-state index is 0.140. The number of amides is 1. The Morgan fingerprint density at radius 1 is 1.69 bits per heavy atom. The lowest BCUT2D eigenvalue weighted by molar-refractivity contribution is 0.0827. The van der Waals surface area contributed by atoms with Crippen molar-refractivity contribution in [2.45, 2.75) is 6.54 Å². The van der Waals surface area contributed by atoms with Gasteiger partial charge in [-0.25, -0.2) is 4.39 Å². The van der Waals surface area contributed by atoms with Crippen molar-refractivity contribution in [3.05, 3.63) is 29.9 Å². The predicted molar refractivity (Wildman–Crippen MR) is 58.2 cm³/mol. The third kappa shape index (κ3) is 2.75. The molecule has 5 nitrogen and oxygen atoms in total. The maximum Gasteiger partial charge on any atom is 0.256 e. The van der Waals surface area contributed by atoms with Crippen LogP contribution in [-0.4, -0.2) is 40.9 Å². The number of carbonyl (C=O) groups is 1. The van der Waals surface area contributed by atoms with Gasteiger partial charge in [0.2, 0.25) is 0 Å². The van der Waals surface area contributed by atoms with Gasteiger partial charge in [-0.1, -0.05) is 0 Å². The first-order valence-electron chi connectivity index (χ1n) is 4.62. The molecule has 0 aromatic carbocycles. The monoisotopic (exact) mass is 224 g/mol. The number of aromatic nitrogens is 2. The quantitative estimate of drug-likeness (QED) is 0.778. The van der Waals surface area contributed by atoms with Crippen molar-refractivity contribution in [1.82, 2.24) is 14.7 Å². The molecule has 0 atom stereocenters. The molecule has 0 unspecified atom stereocenters. The van der Waals surface area contributed by atoms with Crippen LogP contribution in [0.1, 0.15) is 10.4 Å². The molecule has 1 aromatic rings. The molecule has 0 saturated heterocycles. The Morgan fingerprint density at radius 2 is 2.38 bits per heavy atom. The van der Waals surface area contributed by atoms with Crippen LogP contribution in [0.4, 0.5) is 4.39 Å². The zero-order chi connectivity index (χ0) is 12.1. The average molecular weight is 224 g/mol. The lowest BCUT2D eigenvalue weighted by Gasteiger charge is -2.07. The van der Waals surface area contributed by atoms with Gasteiger partial charge in [0.1, 0.15) is 0 Å². The number of halogens is 1. The van der Waals surface area contributed by atoms with Crippen LogP contribution < -0.4 is 0 Å². The van der Waals surface area contributed by atoms with Gasteiger partial charge in [0.15, 0.2) is 0 Å². The minimum Gasteiger partial charge on any atom is -0.345 e. The summed E-state index contributed by atoms with van der Waals surface area (Å²) in [5, 5.41) is 10.8. The fourth-order valence-corrected chi connectivity index (χ4v) is 1.12. The molecule has 1 amide bonds. The molecule has 0 spiro atoms. The molecule has 16 heavy (non-hydrogen) atoms. The van der Waals surface area contributed by atoms with E-state index in [0.29, 0.717) is 11.9 Å². The number of hydrogen-bond donors (Lipinski definition) is 1. The summed E-state index contributed by atoms with van der Waals surface area (Å²) in [6, 6.07) is 0. The second-order valence-electron chi connectivity index (χ2n) is 3.45. The van der Waals surface area contributed by atoms with E-state index in [2.05, 4.69) is 5.10 Å². The van der Waals surface area contributed by atoms with Crippen molar-refractivity contribution >= 4 is 12.1 Å². The summed E-state index contributed by atoms with van der Waals surface area (Å²) in [7, 11) is 3.29. The van der Waals surface area contributed by atoms with Crippen LogP contribution in [0.5, 0.6) is 0 Å². The van der Waals surface area contributed by atoms with Crippen molar-refractivity contribution in [3.8, 4) is 0 Å². The third-order valence-electron chi connectivity index (χ3n) is 1.96. The molecule has 1 aromatic heterocycles. The van der Waals surface area contributed by atoms with E-state index in [0.717, 1.165) is 6.21 Å². The summed E-state index contributed by atoms with van der Waals surface area (Å²) in [5.41, 5.74) is 0.625. The number of rotatable bonds is 4. The van der Waals surface area contributed by atoms with E-state index in [-0.39, 0.29) is 18.0 Å². The Labute approximate surface area is 92.7 Å². The van der Waals surface area contributed by atoms with Crippen LogP contribution in [0.2, 0.25) is 0 Å². The van der Waals surface area contributed by atoms with E-state index in [9.17, 15) is 9.18 Å². The highest BCUT2D eigenvalue weighted by atomic mass is 19.1. The zero-order valence-electron chi connectivity index (χ0n) is 9.14. The van der Waals surface area contributed by atoms with Gasteiger partial charge < -0.3 is 10.3 Å². The molecule has 6 heteroatoms. The fraction of sp³-hybridized carbons (Fsp3) is 0.300. The zero-order valence-corrected chi connectivity index (χ0v) is 9.14. The topological polar surface area (TPSA) is 62.0 Å². The van der Waals surface area contributed by atoms with Crippen molar-refractivity contribution in [1.29, 1.82) is 5.41 Å². The molecule has 0 aliphatic rings. The fourth-order valence-electron chi connectivity index (χ4n) is 1.12. The van der Waals surface area contributed by atoms with Gasteiger partial charge in [0.05, 0.1) is 24.6 Å². The number of nitrogens with zero attached hydrogens (tertiary/aromatic N) is 3. The van der Waals surface area contributed by atoms with Crippen molar-refractivity contribution in [3.63, 3.8) is 0 Å². The highest BCUT2D eigenvalue weighted by molar-refractivity contribution is 5.93. The summed E-state index contributed by atoms with van der Waals surface area (Å²) < 4.78 is 13.6. The number of allylic oxidation sites excluding steroid dienone is 1. The van der Waals surface area contributed by atoms with Crippen LogP contribution in [-0.2, 0) is 6.54 Å². The molecule has 1 N–H and O–H groups in total. The van der Waals surface area contributed by atoms with E-state index in [1.165, 1.54) is 22.0 Å². The first-order chi connectivity index (χ1) is 7.58. The molecule has 86 valence electrons. The van der Waals surface area contributed by atoms with Crippen molar-refractivity contribution < 1.29 is 9.18 Å². The Morgan fingerprint density at radius 3 is 2.88 bits per heavy atom. The van der Waals surface area contributed by atoms with Crippen LogP contribution in [0, 0.1) is 5.41 Å². The SMILES string of the molecule is CN(C)C(=O)c1cnn(C/C(C=N)=C/F)c1. The molecule has 1 rings (SSSR count). The number of hydrogen-bond acceptors (Lipinski definition) is 3. The highest BCUT2D eigenvalue weighted by Gasteiger charge is 2.10. The van der Waals surface area contributed by atoms with Gasteiger partial charge in [0.25, 0.3) is 5.91 Å². The lowest BCUT2D eigenvalue weighted by atomic mass is 10.3. The van der Waals surface area contributed by atoms with Gasteiger partial charge in [-0.3, -0.25) is 9.48 Å². The van der Waals surface area contributed by atoms with Gasteiger partial charge in [-0.15, -0.1) is 0 Å². The van der Waals surface area contributed by atoms with Crippen molar-refractivity contribution in [2.24, 2.45) is 0 Å². The number of carbonyl (C=O) groups excluding carboxylic acids is 1. The van der Waals surface area contributed by atoms with Gasteiger partial charge in [-0.2, -0.15) is 5.10 Å². The predicted octanol–water partition coefficient (Wildman–Crippen LogP) is 1.09. The van der Waals surface area contributed by atoms with Crippen LogP contribution >= 0.6 is 0 Å². The summed E-state index contributed by atoms with van der Waals surface area (Å²) in [5.74, 6) is -0.160. The maximum absolute atomic E-state index is 12.2. The molecule has 1 heterocycles. The largest absolute Gasteiger partial charge is 0.345 e. The summed E-state index contributed by atoms with van der Waals surface area (Å²) in [4.78, 5) is 13.0. The Balaban J connectivity index is 2.79. The van der Waals surface area contributed by atoms with Gasteiger partial charge >= 0.3 is 0 Å². The minimum atomic E-state index is -0.160. The molecule has 0 bridgehead atoms. The highest BCUT2D eigenvalue weighted by Crippen LogP contribution is 2.03. The number of nitrogens with one attached hydrogen (secondary N) is 1.